The maximum Gasteiger partial charge on any atom is 0.245 e. The van der Waals surface area contributed by atoms with E-state index in [0.29, 0.717) is 24.3 Å². The van der Waals surface area contributed by atoms with E-state index in [-0.39, 0.29) is 11.7 Å². The van der Waals surface area contributed by atoms with Crippen LogP contribution in [0.2, 0.25) is 0 Å². The SMILES string of the molecule is CCOc1ccc(-c2cn(C(C)C(=O)N[C@@H](Cc3c[nH]c4ccccc34)C(=O)NC)nn2)cc1F. The number of aromatic nitrogens is 4. The fourth-order valence-electron chi connectivity index (χ4n) is 3.85. The molecule has 2 heterocycles. The van der Waals surface area contributed by atoms with Crippen molar-refractivity contribution in [3.63, 3.8) is 0 Å². The Balaban J connectivity index is 1.48. The minimum absolute atomic E-state index is 0.159. The Morgan fingerprint density at radius 2 is 2.00 bits per heavy atom. The van der Waals surface area contributed by atoms with Crippen LogP contribution in [0.15, 0.2) is 54.9 Å². The van der Waals surface area contributed by atoms with Crippen molar-refractivity contribution in [3.05, 3.63) is 66.2 Å². The number of fused-ring (bicyclic) bond motifs is 1. The lowest BCUT2D eigenvalue weighted by atomic mass is 10.0. The van der Waals surface area contributed by atoms with Gasteiger partial charge in [0.2, 0.25) is 11.8 Å². The molecule has 0 aliphatic carbocycles. The number of nitrogens with zero attached hydrogens (tertiary/aromatic N) is 3. The van der Waals surface area contributed by atoms with E-state index in [1.165, 1.54) is 23.9 Å². The zero-order valence-corrected chi connectivity index (χ0v) is 19.7. The molecule has 4 rings (SSSR count). The number of amides is 2. The van der Waals surface area contributed by atoms with Gasteiger partial charge in [0.25, 0.3) is 0 Å². The standard InChI is InChI=1S/C25H27FN6O3/c1-4-35-23-10-9-16(11-19(23)26)22-14-32(31-30-22)15(2)24(33)29-21(25(34)27-3)12-17-13-28-20-8-6-5-7-18(17)20/h5-11,13-15,21,28H,4,12H2,1-3H3,(H,27,34)(H,29,33)/t15?,21-/m0/s1. The molecule has 2 aromatic heterocycles. The highest BCUT2D eigenvalue weighted by molar-refractivity contribution is 5.90. The molecular weight excluding hydrogens is 451 g/mol. The minimum Gasteiger partial charge on any atom is -0.491 e. The van der Waals surface area contributed by atoms with Gasteiger partial charge in [0.05, 0.1) is 12.8 Å². The highest BCUT2D eigenvalue weighted by atomic mass is 19.1. The summed E-state index contributed by atoms with van der Waals surface area (Å²) >= 11 is 0. The van der Waals surface area contributed by atoms with Crippen molar-refractivity contribution in [2.45, 2.75) is 32.4 Å². The third-order valence-corrected chi connectivity index (χ3v) is 5.79. The molecule has 2 aromatic carbocycles. The first-order valence-corrected chi connectivity index (χ1v) is 11.3. The third kappa shape index (κ3) is 5.16. The predicted octanol–water partition coefficient (Wildman–Crippen LogP) is 3.00. The monoisotopic (exact) mass is 478 g/mol. The number of aromatic amines is 1. The molecule has 0 fully saturated rings. The quantitative estimate of drug-likeness (QED) is 0.342. The molecule has 3 N–H and O–H groups in total. The van der Waals surface area contributed by atoms with Crippen molar-refractivity contribution in [1.82, 2.24) is 30.6 Å². The number of nitrogens with one attached hydrogen (secondary N) is 3. The fourth-order valence-corrected chi connectivity index (χ4v) is 3.85. The topological polar surface area (TPSA) is 114 Å². The van der Waals surface area contributed by atoms with Gasteiger partial charge in [-0.25, -0.2) is 9.07 Å². The summed E-state index contributed by atoms with van der Waals surface area (Å²) in [6.07, 6.45) is 3.72. The minimum atomic E-state index is -0.780. The molecule has 1 unspecified atom stereocenters. The molecule has 4 aromatic rings. The molecule has 0 radical (unpaired) electrons. The molecule has 0 saturated heterocycles. The van der Waals surface area contributed by atoms with Crippen LogP contribution in [0.4, 0.5) is 4.39 Å². The van der Waals surface area contributed by atoms with E-state index in [0.717, 1.165) is 16.5 Å². The van der Waals surface area contributed by atoms with Gasteiger partial charge in [-0.15, -0.1) is 5.10 Å². The van der Waals surface area contributed by atoms with E-state index in [2.05, 4.69) is 25.9 Å². The first kappa shape index (κ1) is 23.9. The van der Waals surface area contributed by atoms with Crippen molar-refractivity contribution >= 4 is 22.7 Å². The van der Waals surface area contributed by atoms with Crippen LogP contribution in [0.1, 0.15) is 25.5 Å². The van der Waals surface area contributed by atoms with Gasteiger partial charge < -0.3 is 20.4 Å². The average Bonchev–Trinajstić information content (AvgIpc) is 3.52. The zero-order valence-electron chi connectivity index (χ0n) is 19.7. The number of halogens is 1. The van der Waals surface area contributed by atoms with Crippen LogP contribution in [0.3, 0.4) is 0 Å². The Bertz CT molecular complexity index is 1350. The molecular formula is C25H27FN6O3. The molecule has 35 heavy (non-hydrogen) atoms. The Labute approximate surface area is 201 Å². The van der Waals surface area contributed by atoms with Gasteiger partial charge in [-0.05, 0) is 43.7 Å². The molecule has 0 spiro atoms. The molecule has 10 heteroatoms. The van der Waals surface area contributed by atoms with Crippen molar-refractivity contribution in [1.29, 1.82) is 0 Å². The second kappa shape index (κ2) is 10.4. The second-order valence-electron chi connectivity index (χ2n) is 8.08. The van der Waals surface area contributed by atoms with Gasteiger partial charge in [0.1, 0.15) is 17.8 Å². The number of carbonyl (C=O) groups is 2. The van der Waals surface area contributed by atoms with Gasteiger partial charge in [0.15, 0.2) is 11.6 Å². The van der Waals surface area contributed by atoms with E-state index in [1.54, 1.807) is 26.1 Å². The molecule has 0 aliphatic heterocycles. The smallest absolute Gasteiger partial charge is 0.245 e. The highest BCUT2D eigenvalue weighted by Crippen LogP contribution is 2.25. The van der Waals surface area contributed by atoms with Crippen LogP contribution in [0.5, 0.6) is 5.75 Å². The number of ether oxygens (including phenoxy) is 1. The van der Waals surface area contributed by atoms with E-state index >= 15 is 0 Å². The number of benzene rings is 2. The number of rotatable bonds is 9. The van der Waals surface area contributed by atoms with E-state index in [9.17, 15) is 14.0 Å². The molecule has 2 amide bonds. The Hall–Kier alpha value is -4.21. The van der Waals surface area contributed by atoms with E-state index in [4.69, 9.17) is 4.74 Å². The summed E-state index contributed by atoms with van der Waals surface area (Å²) in [4.78, 5) is 28.7. The lowest BCUT2D eigenvalue weighted by Gasteiger charge is -2.20. The number of hydrogen-bond donors (Lipinski definition) is 3. The normalized spacial score (nSPS) is 12.8. The summed E-state index contributed by atoms with van der Waals surface area (Å²) in [6, 6.07) is 10.8. The highest BCUT2D eigenvalue weighted by Gasteiger charge is 2.25. The third-order valence-electron chi connectivity index (χ3n) is 5.79. The number of hydrogen-bond acceptors (Lipinski definition) is 5. The first-order valence-electron chi connectivity index (χ1n) is 11.3. The van der Waals surface area contributed by atoms with Crippen molar-refractivity contribution in [3.8, 4) is 17.0 Å². The van der Waals surface area contributed by atoms with Gasteiger partial charge in [-0.2, -0.15) is 0 Å². The molecule has 0 aliphatic rings. The Kier molecular flexibility index (Phi) is 7.09. The summed E-state index contributed by atoms with van der Waals surface area (Å²) in [7, 11) is 1.53. The lowest BCUT2D eigenvalue weighted by molar-refractivity contribution is -0.130. The van der Waals surface area contributed by atoms with Crippen LogP contribution >= 0.6 is 0 Å². The lowest BCUT2D eigenvalue weighted by Crippen LogP contribution is -2.48. The van der Waals surface area contributed by atoms with Crippen LogP contribution in [0, 0.1) is 5.82 Å². The molecule has 182 valence electrons. The van der Waals surface area contributed by atoms with E-state index < -0.39 is 23.8 Å². The van der Waals surface area contributed by atoms with Crippen LogP contribution in [-0.4, -0.2) is 51.5 Å². The molecule has 0 bridgehead atoms. The molecule has 2 atom stereocenters. The number of H-pyrrole nitrogens is 1. The number of carbonyl (C=O) groups excluding carboxylic acids is 2. The number of likely N-dealkylation sites (N-methyl/N-ethyl adjacent to an activating group) is 1. The summed E-state index contributed by atoms with van der Waals surface area (Å²) in [5.41, 5.74) is 2.79. The summed E-state index contributed by atoms with van der Waals surface area (Å²) in [6.45, 7) is 3.79. The second-order valence-corrected chi connectivity index (χ2v) is 8.08. The van der Waals surface area contributed by atoms with Crippen molar-refractivity contribution < 1.29 is 18.7 Å². The van der Waals surface area contributed by atoms with Gasteiger partial charge in [0, 0.05) is 36.1 Å². The van der Waals surface area contributed by atoms with Crippen molar-refractivity contribution in [2.75, 3.05) is 13.7 Å². The van der Waals surface area contributed by atoms with Crippen molar-refractivity contribution in [2.24, 2.45) is 0 Å². The average molecular weight is 479 g/mol. The van der Waals surface area contributed by atoms with Gasteiger partial charge >= 0.3 is 0 Å². The van der Waals surface area contributed by atoms with Crippen LogP contribution in [-0.2, 0) is 16.0 Å². The van der Waals surface area contributed by atoms with Gasteiger partial charge in [-0.3, -0.25) is 9.59 Å². The van der Waals surface area contributed by atoms with E-state index in [1.807, 2.05) is 30.5 Å². The Morgan fingerprint density at radius 3 is 2.74 bits per heavy atom. The van der Waals surface area contributed by atoms with Crippen LogP contribution < -0.4 is 15.4 Å². The maximum absolute atomic E-state index is 14.2. The van der Waals surface area contributed by atoms with Crippen LogP contribution in [0.25, 0.3) is 22.2 Å². The maximum atomic E-state index is 14.2. The Morgan fingerprint density at radius 1 is 1.20 bits per heavy atom. The zero-order chi connectivity index (χ0) is 24.9. The summed E-state index contributed by atoms with van der Waals surface area (Å²) in [5.74, 6) is -1.05. The fraction of sp³-hybridized carbons (Fsp3) is 0.280. The largest absolute Gasteiger partial charge is 0.491 e. The number of para-hydroxylation sites is 1. The summed E-state index contributed by atoms with van der Waals surface area (Å²) in [5, 5.41) is 14.5. The molecule has 0 saturated carbocycles. The van der Waals surface area contributed by atoms with Gasteiger partial charge in [-0.1, -0.05) is 23.4 Å². The first-order chi connectivity index (χ1) is 16.9. The summed E-state index contributed by atoms with van der Waals surface area (Å²) < 4.78 is 20.8. The molecule has 9 nitrogen and oxygen atoms in total. The predicted molar refractivity (Wildman–Crippen MR) is 129 cm³/mol.